The molecule has 1 heterocycles. The maximum atomic E-state index is 12.4. The van der Waals surface area contributed by atoms with Crippen LogP contribution in [0.25, 0.3) is 0 Å². The number of hydrogen-bond acceptors (Lipinski definition) is 5. The van der Waals surface area contributed by atoms with Gasteiger partial charge in [0, 0.05) is 5.70 Å². The Balaban J connectivity index is 1.98. The van der Waals surface area contributed by atoms with Gasteiger partial charge in [0.2, 0.25) is 0 Å². The molecule has 1 atom stereocenters. The minimum absolute atomic E-state index is 0.349. The lowest BCUT2D eigenvalue weighted by Crippen LogP contribution is -2.45. The normalized spacial score (nSPS) is 15.9. The zero-order valence-electron chi connectivity index (χ0n) is 17.0. The fraction of sp³-hybridized carbons (Fsp3) is 0.273. The molecule has 158 valence electrons. The summed E-state index contributed by atoms with van der Waals surface area (Å²) >= 11 is 11.9. The summed E-state index contributed by atoms with van der Waals surface area (Å²) in [5.74, 6) is 0.477. The number of hydrogen-bond donors (Lipinski definition) is 2. The molecule has 0 spiro atoms. The molecule has 0 radical (unpaired) electrons. The van der Waals surface area contributed by atoms with Crippen LogP contribution in [-0.4, -0.2) is 24.8 Å². The maximum Gasteiger partial charge on any atom is 0.337 e. The van der Waals surface area contributed by atoms with Gasteiger partial charge in [-0.05, 0) is 49.3 Å². The van der Waals surface area contributed by atoms with Crippen molar-refractivity contribution in [2.75, 3.05) is 13.7 Å². The minimum atomic E-state index is -0.536. The molecule has 2 aromatic carbocycles. The first-order chi connectivity index (χ1) is 14.4. The zero-order valence-corrected chi connectivity index (χ0v) is 18.5. The summed E-state index contributed by atoms with van der Waals surface area (Å²) in [7, 11) is 1.34. The van der Waals surface area contributed by atoms with Gasteiger partial charge in [0.05, 0.1) is 30.4 Å². The Bertz CT molecular complexity index is 979. The highest BCUT2D eigenvalue weighted by atomic mass is 35.5. The van der Waals surface area contributed by atoms with E-state index in [1.165, 1.54) is 7.11 Å². The van der Waals surface area contributed by atoms with Crippen LogP contribution in [0.1, 0.15) is 31.0 Å². The summed E-state index contributed by atoms with van der Waals surface area (Å²) in [5, 5.41) is 6.85. The van der Waals surface area contributed by atoms with Crippen LogP contribution in [0.3, 0.4) is 0 Å². The van der Waals surface area contributed by atoms with Crippen molar-refractivity contribution in [2.24, 2.45) is 0 Å². The highest BCUT2D eigenvalue weighted by Gasteiger charge is 2.31. The van der Waals surface area contributed by atoms with Crippen molar-refractivity contribution < 1.29 is 19.0 Å². The first-order valence-corrected chi connectivity index (χ1v) is 10.2. The van der Waals surface area contributed by atoms with Crippen molar-refractivity contribution in [3.05, 3.63) is 69.9 Å². The van der Waals surface area contributed by atoms with Crippen LogP contribution in [0.4, 0.5) is 0 Å². The molecule has 8 heteroatoms. The van der Waals surface area contributed by atoms with Crippen LogP contribution >= 0.6 is 23.8 Å². The number of carbonyl (C=O) groups is 1. The van der Waals surface area contributed by atoms with Crippen LogP contribution in [0.15, 0.2) is 53.7 Å². The summed E-state index contributed by atoms with van der Waals surface area (Å²) in [6.45, 7) is 4.43. The van der Waals surface area contributed by atoms with E-state index in [4.69, 9.17) is 38.0 Å². The summed E-state index contributed by atoms with van der Waals surface area (Å²) in [4.78, 5) is 12.4. The number of halogens is 1. The van der Waals surface area contributed by atoms with Crippen molar-refractivity contribution in [3.8, 4) is 11.5 Å². The average Bonchev–Trinajstić information content (AvgIpc) is 2.73. The third-order valence-corrected chi connectivity index (χ3v) is 5.07. The highest BCUT2D eigenvalue weighted by Crippen LogP contribution is 2.40. The molecular formula is C22H23ClN2O4S. The molecule has 0 aliphatic carbocycles. The predicted molar refractivity (Wildman–Crippen MR) is 120 cm³/mol. The molecule has 0 amide bonds. The van der Waals surface area contributed by atoms with E-state index in [9.17, 15) is 4.79 Å². The maximum absolute atomic E-state index is 12.4. The van der Waals surface area contributed by atoms with Gasteiger partial charge >= 0.3 is 5.97 Å². The fourth-order valence-electron chi connectivity index (χ4n) is 3.21. The number of methoxy groups -OCH3 is 1. The van der Waals surface area contributed by atoms with Gasteiger partial charge in [-0.2, -0.15) is 0 Å². The second-order valence-electron chi connectivity index (χ2n) is 6.60. The van der Waals surface area contributed by atoms with Crippen LogP contribution in [0.5, 0.6) is 11.5 Å². The Morgan fingerprint density at radius 2 is 1.93 bits per heavy atom. The number of carbonyl (C=O) groups excluding carboxylic acids is 1. The van der Waals surface area contributed by atoms with E-state index in [2.05, 4.69) is 10.6 Å². The first kappa shape index (κ1) is 21.9. The quantitative estimate of drug-likeness (QED) is 0.485. The molecule has 0 bridgehead atoms. The van der Waals surface area contributed by atoms with Crippen LogP contribution in [-0.2, 0) is 16.1 Å². The Hall–Kier alpha value is -2.77. The molecular weight excluding hydrogens is 424 g/mol. The molecule has 30 heavy (non-hydrogen) atoms. The number of benzene rings is 2. The summed E-state index contributed by atoms with van der Waals surface area (Å²) in [6.07, 6.45) is 0. The number of rotatable bonds is 7. The lowest BCUT2D eigenvalue weighted by atomic mass is 9.95. The number of esters is 1. The second-order valence-corrected chi connectivity index (χ2v) is 7.41. The lowest BCUT2D eigenvalue weighted by molar-refractivity contribution is -0.136. The zero-order chi connectivity index (χ0) is 21.7. The van der Waals surface area contributed by atoms with E-state index in [1.807, 2.05) is 37.3 Å². The van der Waals surface area contributed by atoms with Crippen LogP contribution in [0.2, 0.25) is 5.02 Å². The Kier molecular flexibility index (Phi) is 7.18. The molecule has 3 rings (SSSR count). The largest absolute Gasteiger partial charge is 0.490 e. The van der Waals surface area contributed by atoms with E-state index >= 15 is 0 Å². The van der Waals surface area contributed by atoms with Gasteiger partial charge < -0.3 is 24.8 Å². The predicted octanol–water partition coefficient (Wildman–Crippen LogP) is 4.28. The summed E-state index contributed by atoms with van der Waals surface area (Å²) < 4.78 is 16.7. The fourth-order valence-corrected chi connectivity index (χ4v) is 3.76. The van der Waals surface area contributed by atoms with Crippen molar-refractivity contribution in [1.82, 2.24) is 10.6 Å². The van der Waals surface area contributed by atoms with E-state index in [0.717, 1.165) is 5.56 Å². The molecule has 6 nitrogen and oxygen atoms in total. The van der Waals surface area contributed by atoms with Gasteiger partial charge in [0.25, 0.3) is 0 Å². The van der Waals surface area contributed by atoms with E-state index in [0.29, 0.717) is 51.7 Å². The van der Waals surface area contributed by atoms with E-state index < -0.39 is 12.0 Å². The third-order valence-electron chi connectivity index (χ3n) is 4.57. The number of allylic oxidation sites excluding steroid dienone is 1. The summed E-state index contributed by atoms with van der Waals surface area (Å²) in [6, 6.07) is 12.8. The highest BCUT2D eigenvalue weighted by molar-refractivity contribution is 7.80. The number of ether oxygens (including phenoxy) is 3. The molecule has 1 aliphatic heterocycles. The van der Waals surface area contributed by atoms with Gasteiger partial charge in [0.1, 0.15) is 6.61 Å². The van der Waals surface area contributed by atoms with Gasteiger partial charge in [-0.25, -0.2) is 4.79 Å². The molecule has 0 saturated carbocycles. The second kappa shape index (κ2) is 9.82. The lowest BCUT2D eigenvalue weighted by Gasteiger charge is -2.30. The number of nitrogens with one attached hydrogen (secondary N) is 2. The molecule has 1 aliphatic rings. The van der Waals surface area contributed by atoms with E-state index in [1.54, 1.807) is 19.1 Å². The SMILES string of the molecule is CCOc1cc([C@@H]2NC(=S)NC(C)=C2C(=O)OC)cc(Cl)c1OCc1ccccc1. The van der Waals surface area contributed by atoms with Gasteiger partial charge in [-0.1, -0.05) is 41.9 Å². The van der Waals surface area contributed by atoms with Gasteiger partial charge in [-0.15, -0.1) is 0 Å². The van der Waals surface area contributed by atoms with Crippen molar-refractivity contribution in [3.63, 3.8) is 0 Å². The topological polar surface area (TPSA) is 68.8 Å². The van der Waals surface area contributed by atoms with Crippen molar-refractivity contribution >= 4 is 34.9 Å². The molecule has 2 aromatic rings. The average molecular weight is 447 g/mol. The first-order valence-electron chi connectivity index (χ1n) is 9.44. The Labute approximate surface area is 186 Å². The third kappa shape index (κ3) is 4.86. The van der Waals surface area contributed by atoms with Crippen LogP contribution in [0, 0.1) is 0 Å². The summed E-state index contributed by atoms with van der Waals surface area (Å²) in [5.41, 5.74) is 2.76. The monoisotopic (exact) mass is 446 g/mol. The van der Waals surface area contributed by atoms with Crippen LogP contribution < -0.4 is 20.1 Å². The van der Waals surface area contributed by atoms with E-state index in [-0.39, 0.29) is 0 Å². The molecule has 0 aromatic heterocycles. The standard InChI is InChI=1S/C22H23ClN2O4S/c1-4-28-17-11-15(19-18(21(26)27-3)13(2)24-22(30)25-19)10-16(23)20(17)29-12-14-8-6-5-7-9-14/h5-11,19H,4,12H2,1-3H3,(H2,24,25,30)/t19-/m0/s1. The Morgan fingerprint density at radius 3 is 2.60 bits per heavy atom. The molecule has 2 N–H and O–H groups in total. The number of thiocarbonyl (C=S) groups is 1. The minimum Gasteiger partial charge on any atom is -0.490 e. The van der Waals surface area contributed by atoms with Crippen molar-refractivity contribution in [1.29, 1.82) is 0 Å². The molecule has 0 unspecified atom stereocenters. The van der Waals surface area contributed by atoms with Crippen molar-refractivity contribution in [2.45, 2.75) is 26.5 Å². The van der Waals surface area contributed by atoms with Gasteiger partial charge in [-0.3, -0.25) is 0 Å². The Morgan fingerprint density at radius 1 is 1.20 bits per heavy atom. The molecule has 0 saturated heterocycles. The smallest absolute Gasteiger partial charge is 0.337 e. The molecule has 0 fully saturated rings. The van der Waals surface area contributed by atoms with Gasteiger partial charge in [0.15, 0.2) is 16.6 Å².